The third-order valence-corrected chi connectivity index (χ3v) is 5.77. The Morgan fingerprint density at radius 1 is 1.00 bits per heavy atom. The van der Waals surface area contributed by atoms with Crippen LogP contribution in [0.2, 0.25) is 0 Å². The van der Waals surface area contributed by atoms with Gasteiger partial charge >= 0.3 is 0 Å². The van der Waals surface area contributed by atoms with Crippen LogP contribution in [-0.2, 0) is 0 Å². The first kappa shape index (κ1) is 19.0. The number of nitrogens with zero attached hydrogens (tertiary/aromatic N) is 2. The van der Waals surface area contributed by atoms with E-state index in [1.54, 1.807) is 6.07 Å². The number of thiazole rings is 1. The molecule has 2 heterocycles. The second-order valence-corrected chi connectivity index (χ2v) is 8.05. The van der Waals surface area contributed by atoms with Gasteiger partial charge in [0.25, 0.3) is 17.7 Å². The van der Waals surface area contributed by atoms with Crippen molar-refractivity contribution in [2.24, 2.45) is 0 Å². The van der Waals surface area contributed by atoms with Gasteiger partial charge in [-0.3, -0.25) is 24.6 Å². The second kappa shape index (κ2) is 6.93. The first-order chi connectivity index (χ1) is 13.8. The number of carbonyl (C=O) groups excluding carboxylic acids is 3. The number of imide groups is 1. The van der Waals surface area contributed by atoms with E-state index in [9.17, 15) is 14.4 Å². The van der Waals surface area contributed by atoms with Gasteiger partial charge in [-0.15, -0.1) is 11.3 Å². The molecular formula is C22H19N3O3S. The van der Waals surface area contributed by atoms with Gasteiger partial charge in [-0.25, -0.2) is 4.98 Å². The minimum atomic E-state index is -0.401. The van der Waals surface area contributed by atoms with Gasteiger partial charge in [0, 0.05) is 23.6 Å². The Hall–Kier alpha value is -3.32. The Kier molecular flexibility index (Phi) is 4.55. The molecule has 4 rings (SSSR count). The monoisotopic (exact) mass is 405 g/mol. The van der Waals surface area contributed by atoms with Gasteiger partial charge in [0.1, 0.15) is 0 Å². The Morgan fingerprint density at radius 2 is 1.66 bits per heavy atom. The molecule has 0 fully saturated rings. The van der Waals surface area contributed by atoms with Crippen LogP contribution in [0.3, 0.4) is 0 Å². The number of amides is 3. The van der Waals surface area contributed by atoms with Crippen molar-refractivity contribution in [1.82, 2.24) is 9.88 Å². The number of benzene rings is 2. The van der Waals surface area contributed by atoms with E-state index in [0.29, 0.717) is 16.3 Å². The zero-order valence-corrected chi connectivity index (χ0v) is 17.3. The lowest BCUT2D eigenvalue weighted by molar-refractivity contribution is 0.0693. The third kappa shape index (κ3) is 3.23. The lowest BCUT2D eigenvalue weighted by atomic mass is 9.98. The first-order valence-corrected chi connectivity index (χ1v) is 9.95. The summed E-state index contributed by atoms with van der Waals surface area (Å²) >= 11 is 1.34. The fourth-order valence-corrected chi connectivity index (χ4v) is 4.40. The van der Waals surface area contributed by atoms with Gasteiger partial charge in [0.05, 0.1) is 16.8 Å². The number of carbonyl (C=O) groups is 3. The van der Waals surface area contributed by atoms with Crippen LogP contribution in [0.1, 0.15) is 47.8 Å². The number of hydrogen-bond donors (Lipinski definition) is 1. The smallest absolute Gasteiger partial charge is 0.261 e. The fraction of sp³-hybridized carbons (Fsp3) is 0.182. The van der Waals surface area contributed by atoms with Crippen molar-refractivity contribution < 1.29 is 14.4 Å². The van der Waals surface area contributed by atoms with Crippen LogP contribution in [0.5, 0.6) is 0 Å². The standard InChI is InChI=1S/C22H19N3O3S/c1-11-7-12(2)18(13(3)8-11)17-10-29-22(23-17)24-19(26)14-5-6-15-16(9-14)21(28)25(4)20(15)27/h5-10H,1-4H3,(H,23,24,26). The number of rotatable bonds is 3. The van der Waals surface area contributed by atoms with Crippen molar-refractivity contribution in [3.8, 4) is 11.3 Å². The summed E-state index contributed by atoms with van der Waals surface area (Å²) in [6.45, 7) is 6.16. The molecule has 0 saturated heterocycles. The van der Waals surface area contributed by atoms with Gasteiger partial charge in [-0.2, -0.15) is 0 Å². The number of hydrogen-bond acceptors (Lipinski definition) is 5. The Balaban J connectivity index is 1.59. The molecule has 6 nitrogen and oxygen atoms in total. The van der Waals surface area contributed by atoms with Crippen LogP contribution in [0.15, 0.2) is 35.7 Å². The SMILES string of the molecule is Cc1cc(C)c(-c2csc(NC(=O)c3ccc4c(c3)C(=O)N(C)C4=O)n2)c(C)c1. The summed E-state index contributed by atoms with van der Waals surface area (Å²) in [4.78, 5) is 42.4. The molecule has 0 bridgehead atoms. The third-order valence-electron chi connectivity index (χ3n) is 5.01. The number of nitrogens with one attached hydrogen (secondary N) is 1. The van der Waals surface area contributed by atoms with Gasteiger partial charge in [-0.1, -0.05) is 17.7 Å². The van der Waals surface area contributed by atoms with E-state index in [1.807, 2.05) is 19.2 Å². The minimum Gasteiger partial charge on any atom is -0.298 e. The summed E-state index contributed by atoms with van der Waals surface area (Å²) < 4.78 is 0. The molecule has 2 aromatic carbocycles. The molecule has 7 heteroatoms. The average Bonchev–Trinajstić information content (AvgIpc) is 3.20. The Bertz CT molecular complexity index is 1170. The molecule has 1 aromatic heterocycles. The molecule has 0 radical (unpaired) electrons. The molecule has 146 valence electrons. The molecule has 0 aliphatic carbocycles. The second-order valence-electron chi connectivity index (χ2n) is 7.20. The quantitative estimate of drug-likeness (QED) is 0.662. The maximum atomic E-state index is 12.7. The van der Waals surface area contributed by atoms with Crippen LogP contribution >= 0.6 is 11.3 Å². The zero-order chi connectivity index (χ0) is 20.9. The van der Waals surface area contributed by atoms with Crippen LogP contribution < -0.4 is 5.32 Å². The maximum absolute atomic E-state index is 12.7. The van der Waals surface area contributed by atoms with Crippen LogP contribution in [0, 0.1) is 20.8 Å². The predicted molar refractivity (Wildman–Crippen MR) is 113 cm³/mol. The van der Waals surface area contributed by atoms with Gasteiger partial charge in [-0.05, 0) is 50.1 Å². The molecule has 1 aliphatic rings. The molecule has 1 aliphatic heterocycles. The molecule has 0 unspecified atom stereocenters. The number of anilines is 1. The highest BCUT2D eigenvalue weighted by Crippen LogP contribution is 2.31. The molecule has 0 saturated carbocycles. The lowest BCUT2D eigenvalue weighted by Crippen LogP contribution is -2.24. The highest BCUT2D eigenvalue weighted by molar-refractivity contribution is 7.14. The van der Waals surface area contributed by atoms with Crippen LogP contribution in [0.4, 0.5) is 5.13 Å². The van der Waals surface area contributed by atoms with Gasteiger partial charge in [0.2, 0.25) is 0 Å². The minimum absolute atomic E-state index is 0.246. The summed E-state index contributed by atoms with van der Waals surface area (Å²) in [6.07, 6.45) is 0. The number of fused-ring (bicyclic) bond motifs is 1. The highest BCUT2D eigenvalue weighted by atomic mass is 32.1. The van der Waals surface area contributed by atoms with E-state index < -0.39 is 5.91 Å². The van der Waals surface area contributed by atoms with Crippen LogP contribution in [-0.4, -0.2) is 34.7 Å². The molecule has 0 atom stereocenters. The first-order valence-electron chi connectivity index (χ1n) is 9.08. The summed E-state index contributed by atoms with van der Waals surface area (Å²) in [5, 5.41) is 5.18. The molecule has 1 N–H and O–H groups in total. The van der Waals surface area contributed by atoms with Gasteiger partial charge < -0.3 is 0 Å². The van der Waals surface area contributed by atoms with Crippen LogP contribution in [0.25, 0.3) is 11.3 Å². The Labute approximate surface area is 172 Å². The molecule has 3 amide bonds. The van der Waals surface area contributed by atoms with Crippen molar-refractivity contribution in [2.45, 2.75) is 20.8 Å². The number of aromatic nitrogens is 1. The summed E-state index contributed by atoms with van der Waals surface area (Å²) in [7, 11) is 1.43. The van der Waals surface area contributed by atoms with E-state index in [4.69, 9.17) is 0 Å². The van der Waals surface area contributed by atoms with Crippen molar-refractivity contribution in [3.63, 3.8) is 0 Å². The number of aryl methyl sites for hydroxylation is 3. The van der Waals surface area contributed by atoms with Crippen molar-refractivity contribution >= 4 is 34.2 Å². The molecule has 0 spiro atoms. The van der Waals surface area contributed by atoms with E-state index in [0.717, 1.165) is 27.3 Å². The average molecular weight is 405 g/mol. The zero-order valence-electron chi connectivity index (χ0n) is 16.5. The lowest BCUT2D eigenvalue weighted by Gasteiger charge is -2.08. The molecule has 3 aromatic rings. The largest absolute Gasteiger partial charge is 0.298 e. The molecule has 29 heavy (non-hydrogen) atoms. The van der Waals surface area contributed by atoms with E-state index in [-0.39, 0.29) is 17.4 Å². The van der Waals surface area contributed by atoms with Gasteiger partial charge in [0.15, 0.2) is 5.13 Å². The highest BCUT2D eigenvalue weighted by Gasteiger charge is 2.33. The van der Waals surface area contributed by atoms with E-state index in [1.165, 1.54) is 36.1 Å². The summed E-state index contributed by atoms with van der Waals surface area (Å²) in [5.74, 6) is -1.13. The van der Waals surface area contributed by atoms with E-state index in [2.05, 4.69) is 29.4 Å². The maximum Gasteiger partial charge on any atom is 0.261 e. The summed E-state index contributed by atoms with van der Waals surface area (Å²) in [5.41, 5.74) is 6.22. The van der Waals surface area contributed by atoms with Crippen molar-refractivity contribution in [1.29, 1.82) is 0 Å². The fourth-order valence-electron chi connectivity index (χ4n) is 3.70. The summed E-state index contributed by atoms with van der Waals surface area (Å²) in [6, 6.07) is 8.73. The Morgan fingerprint density at radius 3 is 2.34 bits per heavy atom. The predicted octanol–water partition coefficient (Wildman–Crippen LogP) is 4.21. The topological polar surface area (TPSA) is 79.4 Å². The van der Waals surface area contributed by atoms with Crippen molar-refractivity contribution in [2.75, 3.05) is 12.4 Å². The van der Waals surface area contributed by atoms with Crippen molar-refractivity contribution in [3.05, 3.63) is 69.1 Å². The molecular weight excluding hydrogens is 386 g/mol. The van der Waals surface area contributed by atoms with E-state index >= 15 is 0 Å². The normalized spacial score (nSPS) is 13.0.